The van der Waals surface area contributed by atoms with E-state index in [1.165, 1.54) is 5.56 Å². The van der Waals surface area contributed by atoms with Crippen LogP contribution in [0.25, 0.3) is 0 Å². The average molecular weight is 312 g/mol. The van der Waals surface area contributed by atoms with Crippen LogP contribution in [0.15, 0.2) is 24.3 Å². The van der Waals surface area contributed by atoms with Gasteiger partial charge in [0.25, 0.3) is 0 Å². The van der Waals surface area contributed by atoms with Gasteiger partial charge >= 0.3 is 0 Å². The van der Waals surface area contributed by atoms with E-state index in [4.69, 9.17) is 0 Å². The number of rotatable bonds is 6. The van der Waals surface area contributed by atoms with Crippen LogP contribution in [-0.4, -0.2) is 16.8 Å². The lowest BCUT2D eigenvalue weighted by Gasteiger charge is -2.29. The normalized spacial score (nSPS) is 14.0. The van der Waals surface area contributed by atoms with Crippen LogP contribution in [0.5, 0.6) is 0 Å². The lowest BCUT2D eigenvalue weighted by Crippen LogP contribution is -2.46. The molecule has 2 nitrogen and oxygen atoms in total. The van der Waals surface area contributed by atoms with Crippen molar-refractivity contribution in [2.24, 2.45) is 0 Å². The first-order valence-corrected chi connectivity index (χ1v) is 7.54. The molecular formula is C15H22BrNO. The van der Waals surface area contributed by atoms with E-state index < -0.39 is 0 Å². The summed E-state index contributed by atoms with van der Waals surface area (Å²) in [4.78, 5) is 12.0. The number of halogens is 1. The average Bonchev–Trinajstić information content (AvgIpc) is 2.32. The molecule has 1 N–H and O–H groups in total. The third kappa shape index (κ3) is 4.81. The standard InChI is InChI=1S/C15H22BrNO/c1-4-15(3,9-10-16)17-14(18)11-13-7-5-12(2)6-8-13/h5-8H,4,9-11H2,1-3H3,(H,17,18). The van der Waals surface area contributed by atoms with E-state index >= 15 is 0 Å². The van der Waals surface area contributed by atoms with Gasteiger partial charge in [0.15, 0.2) is 0 Å². The second-order valence-corrected chi connectivity index (χ2v) is 5.86. The van der Waals surface area contributed by atoms with Gasteiger partial charge in [-0.1, -0.05) is 52.7 Å². The zero-order valence-corrected chi connectivity index (χ0v) is 13.0. The molecule has 0 saturated carbocycles. The lowest BCUT2D eigenvalue weighted by molar-refractivity contribution is -0.122. The molecular weight excluding hydrogens is 290 g/mol. The molecule has 0 aliphatic heterocycles. The summed E-state index contributed by atoms with van der Waals surface area (Å²) in [5, 5.41) is 4.04. The van der Waals surface area contributed by atoms with Crippen LogP contribution in [0, 0.1) is 6.92 Å². The number of hydrogen-bond acceptors (Lipinski definition) is 1. The van der Waals surface area contributed by atoms with E-state index in [0.29, 0.717) is 6.42 Å². The minimum absolute atomic E-state index is 0.101. The van der Waals surface area contributed by atoms with Crippen LogP contribution in [0.4, 0.5) is 0 Å². The molecule has 1 aromatic rings. The lowest BCUT2D eigenvalue weighted by atomic mass is 9.95. The van der Waals surface area contributed by atoms with Gasteiger partial charge in [-0.25, -0.2) is 0 Å². The van der Waals surface area contributed by atoms with Crippen LogP contribution in [0.2, 0.25) is 0 Å². The number of hydrogen-bond donors (Lipinski definition) is 1. The monoisotopic (exact) mass is 311 g/mol. The van der Waals surface area contributed by atoms with Gasteiger partial charge in [-0.15, -0.1) is 0 Å². The summed E-state index contributed by atoms with van der Waals surface area (Å²) >= 11 is 3.44. The molecule has 0 radical (unpaired) electrons. The van der Waals surface area contributed by atoms with Crippen molar-refractivity contribution >= 4 is 21.8 Å². The second kappa shape index (κ2) is 6.93. The van der Waals surface area contributed by atoms with Crippen molar-refractivity contribution in [3.05, 3.63) is 35.4 Å². The number of alkyl halides is 1. The quantitative estimate of drug-likeness (QED) is 0.799. The minimum atomic E-state index is -0.106. The SMILES string of the molecule is CCC(C)(CCBr)NC(=O)Cc1ccc(C)cc1. The topological polar surface area (TPSA) is 29.1 Å². The number of amides is 1. The first-order chi connectivity index (χ1) is 8.49. The highest BCUT2D eigenvalue weighted by Crippen LogP contribution is 2.16. The number of aryl methyl sites for hydroxylation is 1. The van der Waals surface area contributed by atoms with Crippen molar-refractivity contribution in [1.29, 1.82) is 0 Å². The summed E-state index contributed by atoms with van der Waals surface area (Å²) < 4.78 is 0. The Morgan fingerprint density at radius 3 is 2.44 bits per heavy atom. The maximum atomic E-state index is 12.0. The third-order valence-corrected chi connectivity index (χ3v) is 3.75. The third-order valence-electron chi connectivity index (χ3n) is 3.35. The van der Waals surface area contributed by atoms with Crippen LogP contribution in [0.1, 0.15) is 37.8 Å². The molecule has 0 saturated heterocycles. The number of nitrogens with one attached hydrogen (secondary N) is 1. The molecule has 3 heteroatoms. The van der Waals surface area contributed by atoms with Crippen LogP contribution in [-0.2, 0) is 11.2 Å². The molecule has 1 atom stereocenters. The zero-order valence-electron chi connectivity index (χ0n) is 11.4. The Morgan fingerprint density at radius 1 is 1.33 bits per heavy atom. The van der Waals surface area contributed by atoms with Crippen molar-refractivity contribution in [2.75, 3.05) is 5.33 Å². The molecule has 0 bridgehead atoms. The van der Waals surface area contributed by atoms with Gasteiger partial charge in [0.2, 0.25) is 5.91 Å². The Morgan fingerprint density at radius 2 is 1.94 bits per heavy atom. The van der Waals surface area contributed by atoms with E-state index in [1.54, 1.807) is 0 Å². The van der Waals surface area contributed by atoms with Crippen molar-refractivity contribution in [2.45, 2.75) is 45.6 Å². The molecule has 18 heavy (non-hydrogen) atoms. The largest absolute Gasteiger partial charge is 0.351 e. The van der Waals surface area contributed by atoms with Crippen LogP contribution < -0.4 is 5.32 Å². The van der Waals surface area contributed by atoms with Gasteiger partial charge in [-0.05, 0) is 32.3 Å². The summed E-state index contributed by atoms with van der Waals surface area (Å²) in [7, 11) is 0. The van der Waals surface area contributed by atoms with Crippen LogP contribution >= 0.6 is 15.9 Å². The molecule has 0 aromatic heterocycles. The minimum Gasteiger partial charge on any atom is -0.351 e. The predicted molar refractivity (Wildman–Crippen MR) is 80.1 cm³/mol. The summed E-state index contributed by atoms with van der Waals surface area (Å²) in [6, 6.07) is 8.12. The van der Waals surface area contributed by atoms with E-state index in [-0.39, 0.29) is 11.4 Å². The number of benzene rings is 1. The fraction of sp³-hybridized carbons (Fsp3) is 0.533. The second-order valence-electron chi connectivity index (χ2n) is 5.06. The first kappa shape index (κ1) is 15.2. The van der Waals surface area contributed by atoms with E-state index in [2.05, 4.69) is 35.1 Å². The molecule has 1 unspecified atom stereocenters. The van der Waals surface area contributed by atoms with Gasteiger partial charge in [0.05, 0.1) is 6.42 Å². The van der Waals surface area contributed by atoms with Gasteiger partial charge < -0.3 is 5.32 Å². The Bertz CT molecular complexity index is 388. The molecule has 1 rings (SSSR count). The van der Waals surface area contributed by atoms with Crippen molar-refractivity contribution in [1.82, 2.24) is 5.32 Å². The Kier molecular flexibility index (Phi) is 5.86. The molecule has 0 aliphatic carbocycles. The summed E-state index contributed by atoms with van der Waals surface area (Å²) in [6.07, 6.45) is 2.35. The molecule has 1 aromatic carbocycles. The fourth-order valence-corrected chi connectivity index (χ4v) is 2.68. The summed E-state index contributed by atoms with van der Waals surface area (Å²) in [5.41, 5.74) is 2.18. The Balaban J connectivity index is 2.58. The molecule has 0 fully saturated rings. The van der Waals surface area contributed by atoms with E-state index in [9.17, 15) is 4.79 Å². The first-order valence-electron chi connectivity index (χ1n) is 6.41. The van der Waals surface area contributed by atoms with Gasteiger partial charge in [-0.3, -0.25) is 4.79 Å². The predicted octanol–water partition coefficient (Wildman–Crippen LogP) is 3.61. The molecule has 1 amide bonds. The summed E-state index contributed by atoms with van der Waals surface area (Å²) in [6.45, 7) is 6.25. The molecule has 0 spiro atoms. The van der Waals surface area contributed by atoms with Gasteiger partial charge in [-0.2, -0.15) is 0 Å². The van der Waals surface area contributed by atoms with E-state index in [0.717, 1.165) is 23.7 Å². The summed E-state index contributed by atoms with van der Waals surface area (Å²) in [5.74, 6) is 0.101. The van der Waals surface area contributed by atoms with Crippen molar-refractivity contribution < 1.29 is 4.79 Å². The van der Waals surface area contributed by atoms with E-state index in [1.807, 2.05) is 31.2 Å². The number of carbonyl (C=O) groups excluding carboxylic acids is 1. The smallest absolute Gasteiger partial charge is 0.224 e. The van der Waals surface area contributed by atoms with Crippen LogP contribution in [0.3, 0.4) is 0 Å². The Hall–Kier alpha value is -0.830. The van der Waals surface area contributed by atoms with Crippen molar-refractivity contribution in [3.63, 3.8) is 0 Å². The fourth-order valence-electron chi connectivity index (χ4n) is 1.81. The molecule has 0 heterocycles. The van der Waals surface area contributed by atoms with Crippen molar-refractivity contribution in [3.8, 4) is 0 Å². The zero-order chi connectivity index (χ0) is 13.6. The number of carbonyl (C=O) groups is 1. The maximum Gasteiger partial charge on any atom is 0.224 e. The highest BCUT2D eigenvalue weighted by atomic mass is 79.9. The Labute approximate surface area is 118 Å². The highest BCUT2D eigenvalue weighted by molar-refractivity contribution is 9.09. The highest BCUT2D eigenvalue weighted by Gasteiger charge is 2.23. The van der Waals surface area contributed by atoms with Gasteiger partial charge in [0.1, 0.15) is 0 Å². The van der Waals surface area contributed by atoms with Gasteiger partial charge in [0, 0.05) is 10.9 Å². The molecule has 100 valence electrons. The molecule has 0 aliphatic rings. The maximum absolute atomic E-state index is 12.0.